The van der Waals surface area contributed by atoms with Gasteiger partial charge in [-0.25, -0.2) is 0 Å². The van der Waals surface area contributed by atoms with Gasteiger partial charge in [0.05, 0.1) is 9.95 Å². The third-order valence-corrected chi connectivity index (χ3v) is 3.24. The van der Waals surface area contributed by atoms with E-state index in [1.165, 1.54) is 0 Å². The molecule has 7 nitrogen and oxygen atoms in total. The van der Waals surface area contributed by atoms with Crippen molar-refractivity contribution in [1.82, 2.24) is 5.32 Å². The first kappa shape index (κ1) is 16.6. The second-order valence-electron chi connectivity index (χ2n) is 4.54. The highest BCUT2D eigenvalue weighted by Gasteiger charge is 2.09. The van der Waals surface area contributed by atoms with Crippen LogP contribution in [-0.2, 0) is 11.3 Å². The number of hydrogen-bond donors (Lipinski definition) is 1. The summed E-state index contributed by atoms with van der Waals surface area (Å²) < 4.78 is 5.25. The number of hydrogen-bond acceptors (Lipinski definition) is 5. The molecule has 8 heteroatoms. The normalized spacial score (nSPS) is 10.1. The Labute approximate surface area is 136 Å². The molecule has 0 aliphatic carbocycles. The Balaban J connectivity index is 1.91. The van der Waals surface area contributed by atoms with E-state index in [2.05, 4.69) is 5.32 Å². The van der Waals surface area contributed by atoms with Crippen molar-refractivity contribution in [2.24, 2.45) is 0 Å². The first-order valence-corrected chi connectivity index (χ1v) is 6.93. The zero-order chi connectivity index (χ0) is 16.8. The number of ether oxygens (including phenoxy) is 1. The van der Waals surface area contributed by atoms with Crippen molar-refractivity contribution in [3.8, 4) is 11.5 Å². The van der Waals surface area contributed by atoms with Gasteiger partial charge in [-0.15, -0.1) is 5.75 Å². The molecule has 0 atom stereocenters. The van der Waals surface area contributed by atoms with Crippen molar-refractivity contribution in [1.29, 1.82) is 0 Å². The fourth-order valence-electron chi connectivity index (χ4n) is 1.77. The van der Waals surface area contributed by atoms with Gasteiger partial charge in [-0.1, -0.05) is 29.8 Å². The first-order chi connectivity index (χ1) is 11.0. The molecule has 0 saturated heterocycles. The molecular weight excluding hydrogens is 324 g/mol. The van der Waals surface area contributed by atoms with E-state index in [0.717, 1.165) is 18.2 Å². The summed E-state index contributed by atoms with van der Waals surface area (Å²) in [6, 6.07) is 10.0. The Morgan fingerprint density at radius 3 is 2.70 bits per heavy atom. The van der Waals surface area contributed by atoms with E-state index in [1.54, 1.807) is 24.3 Å². The molecule has 0 saturated carbocycles. The summed E-state index contributed by atoms with van der Waals surface area (Å²) in [5.41, 5.74) is -0.0774. The number of non-ortho nitro benzene ring substituents is 1. The number of benzene rings is 2. The number of halogens is 1. The SMILES string of the molecule is O=C(COc1ccccc1Cl)NCc1cc([N+](=O)[O-])ccc1[O-]. The quantitative estimate of drug-likeness (QED) is 0.642. The molecule has 2 rings (SSSR count). The maximum Gasteiger partial charge on any atom is 0.269 e. The maximum atomic E-state index is 11.7. The smallest absolute Gasteiger partial charge is 0.269 e. The third kappa shape index (κ3) is 4.58. The number of nitro groups is 1. The van der Waals surface area contributed by atoms with Gasteiger partial charge in [-0.3, -0.25) is 14.9 Å². The predicted molar refractivity (Wildman–Crippen MR) is 81.3 cm³/mol. The number of rotatable bonds is 6. The lowest BCUT2D eigenvalue weighted by atomic mass is 10.2. The minimum absolute atomic E-state index is 0.120. The second-order valence-corrected chi connectivity index (χ2v) is 4.95. The molecule has 0 heterocycles. The lowest BCUT2D eigenvalue weighted by Crippen LogP contribution is -2.28. The number of carbonyl (C=O) groups excluding carboxylic acids is 1. The van der Waals surface area contributed by atoms with Gasteiger partial charge < -0.3 is 15.2 Å². The Hall–Kier alpha value is -2.80. The molecule has 0 bridgehead atoms. The fourth-order valence-corrected chi connectivity index (χ4v) is 1.96. The summed E-state index contributed by atoms with van der Waals surface area (Å²) in [6.07, 6.45) is 0. The lowest BCUT2D eigenvalue weighted by Gasteiger charge is -2.14. The van der Waals surface area contributed by atoms with Gasteiger partial charge in [0, 0.05) is 18.7 Å². The number of nitrogens with zero attached hydrogens (tertiary/aromatic N) is 1. The minimum atomic E-state index is -0.606. The monoisotopic (exact) mass is 335 g/mol. The predicted octanol–water partition coefficient (Wildman–Crippen LogP) is 2.02. The van der Waals surface area contributed by atoms with Crippen molar-refractivity contribution >= 4 is 23.2 Å². The van der Waals surface area contributed by atoms with Crippen LogP contribution in [0, 0.1) is 10.1 Å². The van der Waals surface area contributed by atoms with E-state index in [0.29, 0.717) is 10.8 Å². The van der Waals surface area contributed by atoms with Gasteiger partial charge in [0.1, 0.15) is 5.75 Å². The summed E-state index contributed by atoms with van der Waals surface area (Å²) in [4.78, 5) is 21.8. The molecule has 120 valence electrons. The zero-order valence-electron chi connectivity index (χ0n) is 11.8. The van der Waals surface area contributed by atoms with E-state index >= 15 is 0 Å². The lowest BCUT2D eigenvalue weighted by molar-refractivity contribution is -0.385. The van der Waals surface area contributed by atoms with E-state index in [9.17, 15) is 20.0 Å². The highest BCUT2D eigenvalue weighted by Crippen LogP contribution is 2.23. The molecular formula is C15H12ClN2O5-. The minimum Gasteiger partial charge on any atom is -0.872 e. The van der Waals surface area contributed by atoms with Crippen LogP contribution in [-0.4, -0.2) is 17.4 Å². The summed E-state index contributed by atoms with van der Waals surface area (Å²) in [7, 11) is 0. The first-order valence-electron chi connectivity index (χ1n) is 6.55. The molecule has 0 radical (unpaired) electrons. The average Bonchev–Trinajstić information content (AvgIpc) is 2.53. The summed E-state index contributed by atoms with van der Waals surface area (Å²) in [6.45, 7) is -0.405. The van der Waals surface area contributed by atoms with Gasteiger partial charge in [-0.2, -0.15) is 0 Å². The summed E-state index contributed by atoms with van der Waals surface area (Å²) >= 11 is 5.89. The van der Waals surface area contributed by atoms with Crippen molar-refractivity contribution in [3.05, 3.63) is 63.2 Å². The summed E-state index contributed by atoms with van der Waals surface area (Å²) in [5, 5.41) is 25.1. The Morgan fingerprint density at radius 1 is 1.26 bits per heavy atom. The van der Waals surface area contributed by atoms with Crippen LogP contribution in [0.25, 0.3) is 0 Å². The Bertz CT molecular complexity index is 736. The third-order valence-electron chi connectivity index (χ3n) is 2.93. The highest BCUT2D eigenvalue weighted by molar-refractivity contribution is 6.32. The number of para-hydroxylation sites is 1. The van der Waals surface area contributed by atoms with Gasteiger partial charge in [-0.05, 0) is 17.7 Å². The highest BCUT2D eigenvalue weighted by atomic mass is 35.5. The van der Waals surface area contributed by atoms with Crippen LogP contribution in [0.3, 0.4) is 0 Å². The van der Waals surface area contributed by atoms with Crippen molar-refractivity contribution in [2.45, 2.75) is 6.54 Å². The number of nitrogens with one attached hydrogen (secondary N) is 1. The molecule has 0 aromatic heterocycles. The molecule has 0 aliphatic heterocycles. The second kappa shape index (κ2) is 7.46. The Kier molecular flexibility index (Phi) is 5.37. The largest absolute Gasteiger partial charge is 0.872 e. The van der Waals surface area contributed by atoms with Crippen molar-refractivity contribution in [3.63, 3.8) is 0 Å². The Morgan fingerprint density at radius 2 is 2.00 bits per heavy atom. The van der Waals surface area contributed by atoms with Gasteiger partial charge in [0.15, 0.2) is 6.61 Å². The van der Waals surface area contributed by atoms with E-state index in [-0.39, 0.29) is 30.2 Å². The van der Waals surface area contributed by atoms with Crippen LogP contribution in [0.1, 0.15) is 5.56 Å². The zero-order valence-corrected chi connectivity index (χ0v) is 12.6. The van der Waals surface area contributed by atoms with E-state index in [1.807, 2.05) is 0 Å². The molecule has 0 fully saturated rings. The van der Waals surface area contributed by atoms with Crippen molar-refractivity contribution in [2.75, 3.05) is 6.61 Å². The number of nitro benzene ring substituents is 1. The summed E-state index contributed by atoms with van der Waals surface area (Å²) in [5.74, 6) is -0.497. The average molecular weight is 336 g/mol. The molecule has 0 spiro atoms. The number of carbonyl (C=O) groups is 1. The fraction of sp³-hybridized carbons (Fsp3) is 0.133. The molecule has 0 unspecified atom stereocenters. The van der Waals surface area contributed by atoms with E-state index < -0.39 is 10.8 Å². The van der Waals surface area contributed by atoms with Crippen LogP contribution in [0.15, 0.2) is 42.5 Å². The van der Waals surface area contributed by atoms with E-state index in [4.69, 9.17) is 16.3 Å². The van der Waals surface area contributed by atoms with Crippen LogP contribution >= 0.6 is 11.6 Å². The molecule has 0 aliphatic rings. The molecule has 2 aromatic carbocycles. The molecule has 1 N–H and O–H groups in total. The number of amides is 1. The van der Waals surface area contributed by atoms with Crippen LogP contribution < -0.4 is 15.2 Å². The van der Waals surface area contributed by atoms with Crippen LogP contribution in [0.2, 0.25) is 5.02 Å². The van der Waals surface area contributed by atoms with Gasteiger partial charge in [0.2, 0.25) is 0 Å². The topological polar surface area (TPSA) is 105 Å². The van der Waals surface area contributed by atoms with Gasteiger partial charge in [0.25, 0.3) is 11.6 Å². The van der Waals surface area contributed by atoms with Crippen LogP contribution in [0.4, 0.5) is 5.69 Å². The molecule has 23 heavy (non-hydrogen) atoms. The van der Waals surface area contributed by atoms with Gasteiger partial charge >= 0.3 is 0 Å². The standard InChI is InChI=1S/C15H13ClN2O5/c16-12-3-1-2-4-14(12)23-9-15(20)17-8-10-7-11(18(21)22)5-6-13(10)19/h1-7,19H,8-9H2,(H,17,20)/p-1. The molecule has 1 amide bonds. The van der Waals surface area contributed by atoms with Crippen LogP contribution in [0.5, 0.6) is 11.5 Å². The van der Waals surface area contributed by atoms with Crippen molar-refractivity contribution < 1.29 is 19.6 Å². The maximum absolute atomic E-state index is 11.7. The molecule has 2 aromatic rings.